The Kier molecular flexibility index (Phi) is 6.08. The van der Waals surface area contributed by atoms with Gasteiger partial charge in [-0.05, 0) is 45.0 Å². The first-order valence-electron chi connectivity index (χ1n) is 6.61. The number of hydrogen-bond donors (Lipinski definition) is 1. The van der Waals surface area contributed by atoms with Crippen LogP contribution in [-0.2, 0) is 14.3 Å². The number of carbonyl (C=O) groups is 2. The molecule has 1 rings (SSSR count). The number of benzene rings is 1. The third-order valence-electron chi connectivity index (χ3n) is 2.52. The van der Waals surface area contributed by atoms with E-state index in [-0.39, 0.29) is 23.4 Å². The quantitative estimate of drug-likeness (QED) is 0.667. The van der Waals surface area contributed by atoms with E-state index in [1.54, 1.807) is 36.2 Å². The molecule has 1 amide bonds. The van der Waals surface area contributed by atoms with Crippen LogP contribution in [0.5, 0.6) is 0 Å². The van der Waals surface area contributed by atoms with Crippen molar-refractivity contribution in [2.24, 2.45) is 0 Å². The van der Waals surface area contributed by atoms with E-state index in [4.69, 9.17) is 10.5 Å². The van der Waals surface area contributed by atoms with Crippen LogP contribution in [0.15, 0.2) is 24.3 Å². The fourth-order valence-corrected chi connectivity index (χ4v) is 2.23. The first-order valence-corrected chi connectivity index (χ1v) is 7.76. The van der Waals surface area contributed by atoms with Gasteiger partial charge in [-0.15, -0.1) is 11.8 Å². The zero-order chi connectivity index (χ0) is 16.0. The Morgan fingerprint density at radius 2 is 1.76 bits per heavy atom. The summed E-state index contributed by atoms with van der Waals surface area (Å²) in [5, 5.41) is 0. The number of carbonyl (C=O) groups excluding carboxylic acids is 2. The summed E-state index contributed by atoms with van der Waals surface area (Å²) in [5.41, 5.74) is 6.53. The Morgan fingerprint density at radius 1 is 1.19 bits per heavy atom. The van der Waals surface area contributed by atoms with E-state index in [9.17, 15) is 9.59 Å². The molecule has 1 aromatic carbocycles. The third kappa shape index (κ3) is 6.53. The van der Waals surface area contributed by atoms with E-state index in [0.29, 0.717) is 5.69 Å². The molecule has 0 saturated carbocycles. The Morgan fingerprint density at radius 3 is 2.29 bits per heavy atom. The largest absolute Gasteiger partial charge is 0.459 e. The molecule has 0 heterocycles. The molecule has 2 N–H and O–H groups in total. The van der Waals surface area contributed by atoms with Crippen molar-refractivity contribution in [1.29, 1.82) is 0 Å². The summed E-state index contributed by atoms with van der Waals surface area (Å²) in [6, 6.07) is 7.05. The maximum atomic E-state index is 12.0. The van der Waals surface area contributed by atoms with Crippen LogP contribution in [0.1, 0.15) is 20.8 Å². The molecule has 0 aliphatic heterocycles. The van der Waals surface area contributed by atoms with E-state index < -0.39 is 5.60 Å². The van der Waals surface area contributed by atoms with E-state index >= 15 is 0 Å². The average molecular weight is 310 g/mol. The number of ether oxygens (including phenoxy) is 1. The van der Waals surface area contributed by atoms with Crippen LogP contribution in [0.4, 0.5) is 11.4 Å². The lowest BCUT2D eigenvalue weighted by atomic mass is 10.2. The molecule has 0 atom stereocenters. The topological polar surface area (TPSA) is 72.6 Å². The second-order valence-electron chi connectivity index (χ2n) is 5.62. The summed E-state index contributed by atoms with van der Waals surface area (Å²) in [4.78, 5) is 25.1. The highest BCUT2D eigenvalue weighted by Crippen LogP contribution is 2.16. The standard InChI is InChI=1S/C15H22N2O3S/c1-15(2,3)20-14(19)10-21-9-13(18)17(4)12-7-5-11(16)6-8-12/h5-8H,9-10,16H2,1-4H3. The number of nitrogen functional groups attached to an aromatic ring is 1. The molecule has 5 nitrogen and oxygen atoms in total. The molecular weight excluding hydrogens is 288 g/mol. The number of nitrogens with zero attached hydrogens (tertiary/aromatic N) is 1. The van der Waals surface area contributed by atoms with Crippen LogP contribution in [-0.4, -0.2) is 36.0 Å². The van der Waals surface area contributed by atoms with Gasteiger partial charge in [0.15, 0.2) is 0 Å². The van der Waals surface area contributed by atoms with Crippen molar-refractivity contribution < 1.29 is 14.3 Å². The van der Waals surface area contributed by atoms with Crippen LogP contribution in [0, 0.1) is 0 Å². The molecule has 0 aliphatic rings. The molecular formula is C15H22N2O3S. The summed E-state index contributed by atoms with van der Waals surface area (Å²) in [6.45, 7) is 5.45. The Labute approximate surface area is 129 Å². The van der Waals surface area contributed by atoms with Gasteiger partial charge in [0.05, 0.1) is 11.5 Å². The van der Waals surface area contributed by atoms with E-state index in [2.05, 4.69) is 0 Å². The van der Waals surface area contributed by atoms with Crippen LogP contribution in [0.2, 0.25) is 0 Å². The van der Waals surface area contributed by atoms with Gasteiger partial charge in [0.1, 0.15) is 5.60 Å². The van der Waals surface area contributed by atoms with Gasteiger partial charge < -0.3 is 15.4 Å². The highest BCUT2D eigenvalue weighted by atomic mass is 32.2. The second-order valence-corrected chi connectivity index (χ2v) is 6.61. The van der Waals surface area contributed by atoms with Gasteiger partial charge in [-0.2, -0.15) is 0 Å². The first kappa shape index (κ1) is 17.4. The van der Waals surface area contributed by atoms with Crippen molar-refractivity contribution in [3.63, 3.8) is 0 Å². The minimum absolute atomic E-state index is 0.0756. The molecule has 0 radical (unpaired) electrons. The molecule has 116 valence electrons. The summed E-state index contributed by atoms with van der Waals surface area (Å²) in [5.74, 6) is 0.00221. The van der Waals surface area contributed by atoms with Crippen LogP contribution in [0.3, 0.4) is 0 Å². The smallest absolute Gasteiger partial charge is 0.316 e. The molecule has 0 fully saturated rings. The number of rotatable bonds is 5. The molecule has 6 heteroatoms. The van der Waals surface area contributed by atoms with Crippen molar-refractivity contribution in [1.82, 2.24) is 0 Å². The molecule has 0 bridgehead atoms. The van der Waals surface area contributed by atoms with Crippen LogP contribution >= 0.6 is 11.8 Å². The van der Waals surface area contributed by atoms with Crippen LogP contribution < -0.4 is 10.6 Å². The minimum atomic E-state index is -0.498. The van der Waals surface area contributed by atoms with Crippen molar-refractivity contribution in [3.05, 3.63) is 24.3 Å². The van der Waals surface area contributed by atoms with Crippen LogP contribution in [0.25, 0.3) is 0 Å². The molecule has 0 saturated heterocycles. The number of esters is 1. The number of amides is 1. The molecule has 21 heavy (non-hydrogen) atoms. The van der Waals surface area contributed by atoms with E-state index in [1.807, 2.05) is 20.8 Å². The number of hydrogen-bond acceptors (Lipinski definition) is 5. The SMILES string of the molecule is CN(C(=O)CSCC(=O)OC(C)(C)C)c1ccc(N)cc1. The van der Waals surface area contributed by atoms with Gasteiger partial charge >= 0.3 is 5.97 Å². The predicted molar refractivity (Wildman–Crippen MR) is 87.4 cm³/mol. The van der Waals surface area contributed by atoms with Crippen molar-refractivity contribution >= 4 is 35.0 Å². The van der Waals surface area contributed by atoms with Crippen molar-refractivity contribution in [2.75, 3.05) is 29.2 Å². The molecule has 1 aromatic rings. The van der Waals surface area contributed by atoms with E-state index in [1.165, 1.54) is 11.8 Å². The van der Waals surface area contributed by atoms with E-state index in [0.717, 1.165) is 5.69 Å². The zero-order valence-corrected chi connectivity index (χ0v) is 13.7. The molecule has 0 spiro atoms. The normalized spacial score (nSPS) is 11.0. The van der Waals surface area contributed by atoms with Gasteiger partial charge in [-0.3, -0.25) is 9.59 Å². The van der Waals surface area contributed by atoms with Gasteiger partial charge in [-0.25, -0.2) is 0 Å². The highest BCUT2D eigenvalue weighted by molar-refractivity contribution is 8.00. The minimum Gasteiger partial charge on any atom is -0.459 e. The Balaban J connectivity index is 2.40. The fourth-order valence-electron chi connectivity index (χ4n) is 1.53. The van der Waals surface area contributed by atoms with Gasteiger partial charge in [-0.1, -0.05) is 0 Å². The fraction of sp³-hybridized carbons (Fsp3) is 0.467. The molecule has 0 aromatic heterocycles. The predicted octanol–water partition coefficient (Wildman–Crippen LogP) is 2.31. The maximum absolute atomic E-state index is 12.0. The van der Waals surface area contributed by atoms with Gasteiger partial charge in [0, 0.05) is 18.4 Å². The lowest BCUT2D eigenvalue weighted by Crippen LogP contribution is -2.29. The molecule has 0 unspecified atom stereocenters. The lowest BCUT2D eigenvalue weighted by molar-refractivity contribution is -0.151. The Hall–Kier alpha value is -1.69. The average Bonchev–Trinajstić information content (AvgIpc) is 2.36. The zero-order valence-electron chi connectivity index (χ0n) is 12.9. The number of thioether (sulfide) groups is 1. The summed E-state index contributed by atoms with van der Waals surface area (Å²) in [7, 11) is 1.70. The maximum Gasteiger partial charge on any atom is 0.316 e. The summed E-state index contributed by atoms with van der Waals surface area (Å²) in [6.07, 6.45) is 0. The monoisotopic (exact) mass is 310 g/mol. The first-order chi connectivity index (χ1) is 9.69. The number of nitrogens with two attached hydrogens (primary N) is 1. The molecule has 0 aliphatic carbocycles. The number of anilines is 2. The Bertz CT molecular complexity index is 495. The van der Waals surface area contributed by atoms with Gasteiger partial charge in [0.2, 0.25) is 5.91 Å². The lowest BCUT2D eigenvalue weighted by Gasteiger charge is -2.20. The van der Waals surface area contributed by atoms with Crippen molar-refractivity contribution in [2.45, 2.75) is 26.4 Å². The van der Waals surface area contributed by atoms with Crippen molar-refractivity contribution in [3.8, 4) is 0 Å². The highest BCUT2D eigenvalue weighted by Gasteiger charge is 2.17. The third-order valence-corrected chi connectivity index (χ3v) is 3.41. The summed E-state index contributed by atoms with van der Waals surface area (Å²) >= 11 is 1.25. The van der Waals surface area contributed by atoms with Gasteiger partial charge in [0.25, 0.3) is 0 Å². The summed E-state index contributed by atoms with van der Waals surface area (Å²) < 4.78 is 5.18. The second kappa shape index (κ2) is 7.36.